The number of imidazole rings is 1. The number of hydrogen-bond donors (Lipinski definition) is 0. The Balaban J connectivity index is 1.66. The molecule has 3 rings (SSSR count). The van der Waals surface area contributed by atoms with Gasteiger partial charge in [0.15, 0.2) is 0 Å². The van der Waals surface area contributed by atoms with Crippen LogP contribution in [0.4, 0.5) is 0 Å². The molecule has 1 aliphatic heterocycles. The zero-order chi connectivity index (χ0) is 17.1. The standard InChI is InChI=1S/C17H23N5O2/c1-12-8-19-15(10-18-12)17(23)21-6-4-14(5-7-21)22-13(2)9-20-16(22)11-24-3/h8-10,14H,4-7,11H2,1-3H3. The quantitative estimate of drug-likeness (QED) is 0.857. The maximum Gasteiger partial charge on any atom is 0.274 e. The van der Waals surface area contributed by atoms with Crippen LogP contribution in [-0.2, 0) is 11.3 Å². The average molecular weight is 329 g/mol. The van der Waals surface area contributed by atoms with Crippen LogP contribution in [0.5, 0.6) is 0 Å². The summed E-state index contributed by atoms with van der Waals surface area (Å²) >= 11 is 0. The van der Waals surface area contributed by atoms with Crippen molar-refractivity contribution in [1.82, 2.24) is 24.4 Å². The second kappa shape index (κ2) is 7.09. The summed E-state index contributed by atoms with van der Waals surface area (Å²) < 4.78 is 7.48. The van der Waals surface area contributed by atoms with E-state index in [0.717, 1.165) is 30.1 Å². The second-order valence-corrected chi connectivity index (χ2v) is 6.19. The minimum Gasteiger partial charge on any atom is -0.377 e. The average Bonchev–Trinajstić information content (AvgIpc) is 2.96. The Bertz CT molecular complexity index is 702. The molecule has 1 saturated heterocycles. The van der Waals surface area contributed by atoms with Gasteiger partial charge in [-0.1, -0.05) is 0 Å². The van der Waals surface area contributed by atoms with Crippen molar-refractivity contribution in [2.45, 2.75) is 39.3 Å². The summed E-state index contributed by atoms with van der Waals surface area (Å²) in [5.74, 6) is 0.907. The second-order valence-electron chi connectivity index (χ2n) is 6.19. The zero-order valence-corrected chi connectivity index (χ0v) is 14.4. The molecule has 128 valence electrons. The van der Waals surface area contributed by atoms with Crippen molar-refractivity contribution in [2.24, 2.45) is 0 Å². The van der Waals surface area contributed by atoms with Gasteiger partial charge in [0.2, 0.25) is 0 Å². The number of carbonyl (C=O) groups is 1. The highest BCUT2D eigenvalue weighted by Gasteiger charge is 2.27. The van der Waals surface area contributed by atoms with Gasteiger partial charge < -0.3 is 14.2 Å². The zero-order valence-electron chi connectivity index (χ0n) is 14.4. The van der Waals surface area contributed by atoms with Crippen molar-refractivity contribution in [3.63, 3.8) is 0 Å². The molecular weight excluding hydrogens is 306 g/mol. The normalized spacial score (nSPS) is 15.7. The number of methoxy groups -OCH3 is 1. The number of hydrogen-bond acceptors (Lipinski definition) is 5. The largest absolute Gasteiger partial charge is 0.377 e. The van der Waals surface area contributed by atoms with Crippen LogP contribution in [0.15, 0.2) is 18.6 Å². The molecule has 1 aliphatic rings. The maximum atomic E-state index is 12.5. The van der Waals surface area contributed by atoms with E-state index in [1.807, 2.05) is 18.0 Å². The van der Waals surface area contributed by atoms with Crippen molar-refractivity contribution in [2.75, 3.05) is 20.2 Å². The van der Waals surface area contributed by atoms with Gasteiger partial charge >= 0.3 is 0 Å². The van der Waals surface area contributed by atoms with Gasteiger partial charge in [-0.25, -0.2) is 9.97 Å². The molecule has 0 spiro atoms. The highest BCUT2D eigenvalue weighted by Crippen LogP contribution is 2.26. The van der Waals surface area contributed by atoms with Crippen molar-refractivity contribution in [1.29, 1.82) is 0 Å². The lowest BCUT2D eigenvalue weighted by atomic mass is 10.0. The van der Waals surface area contributed by atoms with E-state index < -0.39 is 0 Å². The van der Waals surface area contributed by atoms with Crippen LogP contribution >= 0.6 is 0 Å². The van der Waals surface area contributed by atoms with Crippen LogP contribution in [0.25, 0.3) is 0 Å². The number of ether oxygens (including phenoxy) is 1. The van der Waals surface area contributed by atoms with Gasteiger partial charge in [-0.15, -0.1) is 0 Å². The highest BCUT2D eigenvalue weighted by molar-refractivity contribution is 5.92. The van der Waals surface area contributed by atoms with E-state index in [0.29, 0.717) is 31.4 Å². The number of aromatic nitrogens is 4. The Labute approximate surface area is 141 Å². The minimum absolute atomic E-state index is 0.0413. The Morgan fingerprint density at radius 1 is 1.17 bits per heavy atom. The molecule has 1 amide bonds. The van der Waals surface area contributed by atoms with Crippen molar-refractivity contribution >= 4 is 5.91 Å². The van der Waals surface area contributed by atoms with Gasteiger partial charge in [-0.05, 0) is 26.7 Å². The topological polar surface area (TPSA) is 73.1 Å². The first-order chi connectivity index (χ1) is 11.6. The molecule has 1 fully saturated rings. The predicted octanol–water partition coefficient (Wildman–Crippen LogP) is 1.91. The third kappa shape index (κ3) is 3.31. The lowest BCUT2D eigenvalue weighted by molar-refractivity contribution is 0.0683. The molecule has 7 nitrogen and oxygen atoms in total. The van der Waals surface area contributed by atoms with E-state index in [-0.39, 0.29) is 5.91 Å². The molecule has 0 N–H and O–H groups in total. The summed E-state index contributed by atoms with van der Waals surface area (Å²) in [6.07, 6.45) is 6.87. The summed E-state index contributed by atoms with van der Waals surface area (Å²) in [4.78, 5) is 27.2. The first kappa shape index (κ1) is 16.6. The molecule has 0 radical (unpaired) electrons. The number of likely N-dealkylation sites (tertiary alicyclic amines) is 1. The fourth-order valence-corrected chi connectivity index (χ4v) is 3.22. The molecule has 0 saturated carbocycles. The van der Waals surface area contributed by atoms with Gasteiger partial charge in [0.05, 0.1) is 11.9 Å². The van der Waals surface area contributed by atoms with E-state index in [4.69, 9.17) is 4.74 Å². The summed E-state index contributed by atoms with van der Waals surface area (Å²) in [6, 6.07) is 0.353. The van der Waals surface area contributed by atoms with Crippen molar-refractivity contribution in [3.05, 3.63) is 41.5 Å². The summed E-state index contributed by atoms with van der Waals surface area (Å²) in [6.45, 7) is 5.85. The van der Waals surface area contributed by atoms with E-state index >= 15 is 0 Å². The summed E-state index contributed by atoms with van der Waals surface area (Å²) in [5.41, 5.74) is 2.36. The van der Waals surface area contributed by atoms with E-state index in [9.17, 15) is 4.79 Å². The van der Waals surface area contributed by atoms with Gasteiger partial charge in [0.25, 0.3) is 5.91 Å². The molecule has 0 atom stereocenters. The number of amides is 1. The third-order valence-electron chi connectivity index (χ3n) is 4.45. The minimum atomic E-state index is -0.0413. The summed E-state index contributed by atoms with van der Waals surface area (Å²) in [5, 5.41) is 0. The monoisotopic (exact) mass is 329 g/mol. The molecule has 0 bridgehead atoms. The van der Waals surface area contributed by atoms with Crippen molar-refractivity contribution < 1.29 is 9.53 Å². The third-order valence-corrected chi connectivity index (χ3v) is 4.45. The first-order valence-electron chi connectivity index (χ1n) is 8.19. The SMILES string of the molecule is COCc1ncc(C)n1C1CCN(C(=O)c2cnc(C)cn2)CC1. The fourth-order valence-electron chi connectivity index (χ4n) is 3.22. The molecule has 0 aliphatic carbocycles. The van der Waals surface area contributed by atoms with E-state index in [1.54, 1.807) is 19.5 Å². The Morgan fingerprint density at radius 2 is 1.92 bits per heavy atom. The highest BCUT2D eigenvalue weighted by atomic mass is 16.5. The molecule has 7 heteroatoms. The van der Waals surface area contributed by atoms with Crippen LogP contribution in [-0.4, -0.2) is 50.5 Å². The fraction of sp³-hybridized carbons (Fsp3) is 0.529. The number of carbonyl (C=O) groups excluding carboxylic acids is 1. The molecule has 2 aromatic heterocycles. The van der Waals surface area contributed by atoms with Crippen LogP contribution in [0.3, 0.4) is 0 Å². The Hall–Kier alpha value is -2.28. The first-order valence-corrected chi connectivity index (χ1v) is 8.19. The number of rotatable bonds is 4. The van der Waals surface area contributed by atoms with E-state index in [2.05, 4.69) is 26.4 Å². The van der Waals surface area contributed by atoms with Crippen LogP contribution in [0.2, 0.25) is 0 Å². The van der Waals surface area contributed by atoms with Gasteiger partial charge in [-0.2, -0.15) is 0 Å². The van der Waals surface area contributed by atoms with Crippen molar-refractivity contribution in [3.8, 4) is 0 Å². The molecule has 2 aromatic rings. The lowest BCUT2D eigenvalue weighted by Crippen LogP contribution is -2.39. The molecule has 0 aromatic carbocycles. The summed E-state index contributed by atoms with van der Waals surface area (Å²) in [7, 11) is 1.68. The van der Waals surface area contributed by atoms with Gasteiger partial charge in [0, 0.05) is 44.3 Å². The number of aryl methyl sites for hydroxylation is 2. The lowest BCUT2D eigenvalue weighted by Gasteiger charge is -2.33. The van der Waals surface area contributed by atoms with Crippen LogP contribution in [0.1, 0.15) is 46.6 Å². The van der Waals surface area contributed by atoms with Crippen LogP contribution < -0.4 is 0 Å². The van der Waals surface area contributed by atoms with Crippen LogP contribution in [0, 0.1) is 13.8 Å². The number of nitrogens with zero attached hydrogens (tertiary/aromatic N) is 5. The van der Waals surface area contributed by atoms with Gasteiger partial charge in [0.1, 0.15) is 18.1 Å². The Morgan fingerprint density at radius 3 is 2.54 bits per heavy atom. The predicted molar refractivity (Wildman–Crippen MR) is 88.6 cm³/mol. The molecule has 0 unspecified atom stereocenters. The molecular formula is C17H23N5O2. The maximum absolute atomic E-state index is 12.5. The van der Waals surface area contributed by atoms with E-state index in [1.165, 1.54) is 0 Å². The smallest absolute Gasteiger partial charge is 0.274 e. The van der Waals surface area contributed by atoms with Gasteiger partial charge in [-0.3, -0.25) is 9.78 Å². The molecule has 24 heavy (non-hydrogen) atoms. The molecule has 3 heterocycles. The Kier molecular flexibility index (Phi) is 4.89. The number of piperidine rings is 1.